The largest absolute Gasteiger partial charge is 0.385 e. The summed E-state index contributed by atoms with van der Waals surface area (Å²) in [5, 5.41) is 28.6. The van der Waals surface area contributed by atoms with Crippen molar-refractivity contribution in [2.24, 2.45) is 0 Å². The predicted molar refractivity (Wildman–Crippen MR) is 66.0 cm³/mol. The number of hydrogen-bond donors (Lipinski definition) is 2. The SMILES string of the molecule is C[Si](C)(C)c1ccc(C(O)C(O)C#N)cc1. The Kier molecular flexibility index (Phi) is 3.86. The van der Waals surface area contributed by atoms with Crippen molar-refractivity contribution in [3.63, 3.8) is 0 Å². The summed E-state index contributed by atoms with van der Waals surface area (Å²) in [6, 6.07) is 9.11. The fourth-order valence-corrected chi connectivity index (χ4v) is 2.60. The van der Waals surface area contributed by atoms with Gasteiger partial charge in [0.25, 0.3) is 0 Å². The first kappa shape index (κ1) is 12.9. The average molecular weight is 235 g/mol. The van der Waals surface area contributed by atoms with E-state index < -0.39 is 20.3 Å². The van der Waals surface area contributed by atoms with E-state index in [4.69, 9.17) is 5.26 Å². The minimum atomic E-state index is -1.36. The molecular weight excluding hydrogens is 218 g/mol. The lowest BCUT2D eigenvalue weighted by Gasteiger charge is -2.18. The molecule has 0 bridgehead atoms. The van der Waals surface area contributed by atoms with Crippen molar-refractivity contribution in [2.45, 2.75) is 31.8 Å². The molecule has 0 fully saturated rings. The van der Waals surface area contributed by atoms with Crippen LogP contribution in [0.5, 0.6) is 0 Å². The van der Waals surface area contributed by atoms with Crippen molar-refractivity contribution in [3.05, 3.63) is 29.8 Å². The molecule has 1 rings (SSSR count). The van der Waals surface area contributed by atoms with Gasteiger partial charge in [-0.2, -0.15) is 5.26 Å². The quantitative estimate of drug-likeness (QED) is 0.610. The van der Waals surface area contributed by atoms with Gasteiger partial charge in [-0.15, -0.1) is 0 Å². The van der Waals surface area contributed by atoms with E-state index in [0.29, 0.717) is 5.56 Å². The number of rotatable bonds is 3. The third-order valence-corrected chi connectivity index (χ3v) is 4.61. The molecule has 0 radical (unpaired) electrons. The summed E-state index contributed by atoms with van der Waals surface area (Å²) in [4.78, 5) is 0. The molecule has 16 heavy (non-hydrogen) atoms. The van der Waals surface area contributed by atoms with Crippen LogP contribution in [-0.2, 0) is 0 Å². The highest BCUT2D eigenvalue weighted by Gasteiger charge is 2.20. The smallest absolute Gasteiger partial charge is 0.170 e. The Labute approximate surface area is 97.0 Å². The third kappa shape index (κ3) is 2.92. The number of aliphatic hydroxyl groups excluding tert-OH is 2. The second kappa shape index (κ2) is 4.79. The highest BCUT2D eigenvalue weighted by atomic mass is 28.3. The van der Waals surface area contributed by atoms with Gasteiger partial charge in [0.05, 0.1) is 14.1 Å². The van der Waals surface area contributed by atoms with Gasteiger partial charge in [0.1, 0.15) is 6.10 Å². The number of hydrogen-bond acceptors (Lipinski definition) is 3. The molecule has 4 heteroatoms. The molecule has 2 N–H and O–H groups in total. The van der Waals surface area contributed by atoms with Crippen molar-refractivity contribution in [1.29, 1.82) is 5.26 Å². The fraction of sp³-hybridized carbons (Fsp3) is 0.417. The van der Waals surface area contributed by atoms with Crippen LogP contribution in [0.3, 0.4) is 0 Å². The van der Waals surface area contributed by atoms with Crippen LogP contribution >= 0.6 is 0 Å². The summed E-state index contributed by atoms with van der Waals surface area (Å²) in [5.74, 6) is 0. The second-order valence-electron chi connectivity index (χ2n) is 4.89. The van der Waals surface area contributed by atoms with E-state index in [-0.39, 0.29) is 0 Å². The molecule has 0 aliphatic carbocycles. The van der Waals surface area contributed by atoms with E-state index in [1.807, 2.05) is 12.1 Å². The minimum Gasteiger partial charge on any atom is -0.385 e. The fourth-order valence-electron chi connectivity index (χ4n) is 1.43. The highest BCUT2D eigenvalue weighted by molar-refractivity contribution is 6.88. The molecule has 1 aromatic carbocycles. The molecule has 3 nitrogen and oxygen atoms in total. The summed E-state index contributed by atoms with van der Waals surface area (Å²) in [5.41, 5.74) is 0.580. The zero-order chi connectivity index (χ0) is 12.3. The van der Waals surface area contributed by atoms with Crippen LogP contribution in [0.15, 0.2) is 24.3 Å². The molecule has 2 unspecified atom stereocenters. The maximum absolute atomic E-state index is 9.62. The molecule has 2 atom stereocenters. The Bertz CT molecular complexity index is 389. The number of benzene rings is 1. The lowest BCUT2D eigenvalue weighted by Crippen LogP contribution is -2.37. The zero-order valence-corrected chi connectivity index (χ0v) is 10.8. The summed E-state index contributed by atoms with van der Waals surface area (Å²) in [7, 11) is -1.34. The van der Waals surface area contributed by atoms with E-state index in [9.17, 15) is 10.2 Å². The predicted octanol–water partition coefficient (Wildman–Crippen LogP) is 1.15. The molecular formula is C12H17NO2Si. The topological polar surface area (TPSA) is 64.2 Å². The van der Waals surface area contributed by atoms with Gasteiger partial charge in [0, 0.05) is 0 Å². The second-order valence-corrected chi connectivity index (χ2v) is 9.97. The van der Waals surface area contributed by atoms with Crippen molar-refractivity contribution < 1.29 is 10.2 Å². The Morgan fingerprint density at radius 1 is 1.12 bits per heavy atom. The van der Waals surface area contributed by atoms with Crippen LogP contribution in [0.2, 0.25) is 19.6 Å². The van der Waals surface area contributed by atoms with Crippen LogP contribution in [0.25, 0.3) is 0 Å². The molecule has 1 aromatic rings. The first-order valence-corrected chi connectivity index (χ1v) is 8.72. The van der Waals surface area contributed by atoms with E-state index in [0.717, 1.165) is 0 Å². The average Bonchev–Trinajstić information content (AvgIpc) is 2.26. The molecule has 0 saturated heterocycles. The van der Waals surface area contributed by atoms with E-state index in [1.54, 1.807) is 18.2 Å². The Hall–Kier alpha value is -1.15. The normalized spacial score (nSPS) is 15.2. The van der Waals surface area contributed by atoms with Gasteiger partial charge in [0.2, 0.25) is 0 Å². The monoisotopic (exact) mass is 235 g/mol. The van der Waals surface area contributed by atoms with Gasteiger partial charge in [-0.1, -0.05) is 49.1 Å². The molecule has 0 aliphatic heterocycles. The third-order valence-electron chi connectivity index (χ3n) is 2.55. The van der Waals surface area contributed by atoms with Crippen LogP contribution in [0.4, 0.5) is 0 Å². The first-order chi connectivity index (χ1) is 7.36. The molecule has 86 valence electrons. The summed E-state index contributed by atoms with van der Waals surface area (Å²) < 4.78 is 0. The summed E-state index contributed by atoms with van der Waals surface area (Å²) in [6.07, 6.45) is -2.49. The Morgan fingerprint density at radius 3 is 2.00 bits per heavy atom. The molecule has 0 heterocycles. The van der Waals surface area contributed by atoms with Gasteiger partial charge < -0.3 is 10.2 Å². The maximum atomic E-state index is 9.62. The van der Waals surface area contributed by atoms with E-state index >= 15 is 0 Å². The molecule has 0 saturated carbocycles. The van der Waals surface area contributed by atoms with Crippen LogP contribution in [0, 0.1) is 11.3 Å². The number of nitriles is 1. The lowest BCUT2D eigenvalue weighted by molar-refractivity contribution is 0.0528. The van der Waals surface area contributed by atoms with Crippen LogP contribution in [0.1, 0.15) is 11.7 Å². The van der Waals surface area contributed by atoms with Crippen LogP contribution in [-0.4, -0.2) is 24.4 Å². The lowest BCUT2D eigenvalue weighted by atomic mass is 10.1. The van der Waals surface area contributed by atoms with Crippen molar-refractivity contribution >= 4 is 13.3 Å². The Morgan fingerprint density at radius 2 is 1.62 bits per heavy atom. The number of aliphatic hydroxyl groups is 2. The molecule has 0 aromatic heterocycles. The van der Waals surface area contributed by atoms with E-state index in [2.05, 4.69) is 19.6 Å². The summed E-state index contributed by atoms with van der Waals surface area (Å²) >= 11 is 0. The first-order valence-electron chi connectivity index (χ1n) is 5.22. The minimum absolute atomic E-state index is 0.580. The van der Waals surface area contributed by atoms with Crippen molar-refractivity contribution in [3.8, 4) is 6.07 Å². The van der Waals surface area contributed by atoms with Gasteiger partial charge in [-0.25, -0.2) is 0 Å². The molecule has 0 spiro atoms. The zero-order valence-electron chi connectivity index (χ0n) is 9.81. The van der Waals surface area contributed by atoms with Crippen LogP contribution < -0.4 is 5.19 Å². The van der Waals surface area contributed by atoms with Gasteiger partial charge in [0.15, 0.2) is 6.10 Å². The molecule has 0 aliphatic rings. The number of nitrogens with zero attached hydrogens (tertiary/aromatic N) is 1. The van der Waals surface area contributed by atoms with Crippen molar-refractivity contribution in [1.82, 2.24) is 0 Å². The van der Waals surface area contributed by atoms with E-state index in [1.165, 1.54) is 5.19 Å². The Balaban J connectivity index is 2.92. The van der Waals surface area contributed by atoms with Gasteiger partial charge in [-0.05, 0) is 5.56 Å². The van der Waals surface area contributed by atoms with Gasteiger partial charge in [-0.3, -0.25) is 0 Å². The molecule has 0 amide bonds. The highest BCUT2D eigenvalue weighted by Crippen LogP contribution is 2.16. The van der Waals surface area contributed by atoms with Gasteiger partial charge >= 0.3 is 0 Å². The summed E-state index contributed by atoms with van der Waals surface area (Å²) in [6.45, 7) is 6.72. The standard InChI is InChI=1S/C12H17NO2Si/c1-16(2,3)10-6-4-9(5-7-10)12(15)11(14)8-13/h4-7,11-12,14-15H,1-3H3. The maximum Gasteiger partial charge on any atom is 0.170 e. The van der Waals surface area contributed by atoms with Crippen molar-refractivity contribution in [2.75, 3.05) is 0 Å².